The molecule has 2 aliphatic carbocycles. The molecule has 2 fully saturated rings. The summed E-state index contributed by atoms with van der Waals surface area (Å²) in [6, 6.07) is 0. The minimum atomic E-state index is -0.555. The summed E-state index contributed by atoms with van der Waals surface area (Å²) in [5.41, 5.74) is 0.0596. The highest BCUT2D eigenvalue weighted by Crippen LogP contribution is 2.67. The molecule has 2 aliphatic rings. The molecule has 2 saturated carbocycles. The van der Waals surface area contributed by atoms with Crippen LogP contribution in [0.3, 0.4) is 0 Å². The average Bonchev–Trinajstić information content (AvgIpc) is 2.42. The maximum atomic E-state index is 10.6. The van der Waals surface area contributed by atoms with E-state index in [2.05, 4.69) is 27.4 Å². The second-order valence-electron chi connectivity index (χ2n) is 6.85. The van der Waals surface area contributed by atoms with Gasteiger partial charge in [-0.15, -0.1) is 6.58 Å². The molecule has 16 heavy (non-hydrogen) atoms. The van der Waals surface area contributed by atoms with Gasteiger partial charge in [-0.05, 0) is 49.4 Å². The Morgan fingerprint density at radius 2 is 1.75 bits per heavy atom. The molecule has 1 heteroatoms. The van der Waals surface area contributed by atoms with E-state index in [1.54, 1.807) is 0 Å². The summed E-state index contributed by atoms with van der Waals surface area (Å²) < 4.78 is 0. The fourth-order valence-electron chi connectivity index (χ4n) is 4.59. The van der Waals surface area contributed by atoms with Crippen molar-refractivity contribution >= 4 is 0 Å². The highest BCUT2D eigenvalue weighted by molar-refractivity contribution is 5.16. The third kappa shape index (κ3) is 1.27. The molecule has 2 rings (SSSR count). The van der Waals surface area contributed by atoms with Crippen LogP contribution >= 0.6 is 0 Å². The van der Waals surface area contributed by atoms with Gasteiger partial charge in [-0.3, -0.25) is 0 Å². The molecule has 0 unspecified atom stereocenters. The molecule has 0 spiro atoms. The van der Waals surface area contributed by atoms with Crippen LogP contribution in [0, 0.1) is 22.7 Å². The first-order valence-corrected chi connectivity index (χ1v) is 6.63. The molecule has 1 N–H and O–H groups in total. The largest absolute Gasteiger partial charge is 0.390 e. The van der Waals surface area contributed by atoms with Crippen molar-refractivity contribution in [3.63, 3.8) is 0 Å². The zero-order valence-electron chi connectivity index (χ0n) is 11.2. The predicted molar refractivity (Wildman–Crippen MR) is 68.2 cm³/mol. The van der Waals surface area contributed by atoms with Crippen molar-refractivity contribution in [2.75, 3.05) is 0 Å². The van der Waals surface area contributed by atoms with Crippen LogP contribution in [-0.4, -0.2) is 10.7 Å². The first kappa shape index (κ1) is 12.2. The lowest BCUT2D eigenvalue weighted by Gasteiger charge is -2.57. The number of rotatable bonds is 1. The molecule has 0 aromatic rings. The van der Waals surface area contributed by atoms with Crippen LogP contribution in [-0.2, 0) is 0 Å². The lowest BCUT2D eigenvalue weighted by atomic mass is 9.49. The Morgan fingerprint density at radius 1 is 1.12 bits per heavy atom. The molecule has 0 aromatic carbocycles. The third-order valence-corrected chi connectivity index (χ3v) is 6.23. The summed E-state index contributed by atoms with van der Waals surface area (Å²) in [7, 11) is 0. The van der Waals surface area contributed by atoms with Crippen molar-refractivity contribution in [1.82, 2.24) is 0 Å². The van der Waals surface area contributed by atoms with Gasteiger partial charge in [-0.1, -0.05) is 26.8 Å². The van der Waals surface area contributed by atoms with E-state index in [9.17, 15) is 5.11 Å². The topological polar surface area (TPSA) is 20.2 Å². The second-order valence-corrected chi connectivity index (χ2v) is 6.85. The Morgan fingerprint density at radius 3 is 2.31 bits per heavy atom. The second kappa shape index (κ2) is 3.35. The van der Waals surface area contributed by atoms with Crippen LogP contribution in [0.5, 0.6) is 0 Å². The Labute approximate surface area is 99.9 Å². The molecular formula is C15H26O. The van der Waals surface area contributed by atoms with Crippen LogP contribution < -0.4 is 0 Å². The SMILES string of the molecule is C=C[C@@H]1[C@]2(C)CC[C@@H](C)[C@]2(C)CC[C@@]1(C)O. The molecule has 92 valence electrons. The molecule has 0 bridgehead atoms. The minimum Gasteiger partial charge on any atom is -0.390 e. The summed E-state index contributed by atoms with van der Waals surface area (Å²) >= 11 is 0. The molecule has 0 amide bonds. The number of hydrogen-bond donors (Lipinski definition) is 1. The minimum absolute atomic E-state index is 0.232. The van der Waals surface area contributed by atoms with E-state index in [1.165, 1.54) is 12.8 Å². The fraction of sp³-hybridized carbons (Fsp3) is 0.867. The van der Waals surface area contributed by atoms with Gasteiger partial charge in [0.1, 0.15) is 0 Å². The first-order chi connectivity index (χ1) is 7.28. The molecule has 0 aliphatic heterocycles. The van der Waals surface area contributed by atoms with Crippen molar-refractivity contribution < 1.29 is 5.11 Å². The molecule has 1 nitrogen and oxygen atoms in total. The number of hydrogen-bond acceptors (Lipinski definition) is 1. The van der Waals surface area contributed by atoms with Crippen molar-refractivity contribution in [3.8, 4) is 0 Å². The van der Waals surface area contributed by atoms with Crippen LogP contribution in [0.25, 0.3) is 0 Å². The maximum Gasteiger partial charge on any atom is 0.0687 e. The summed E-state index contributed by atoms with van der Waals surface area (Å²) in [5.74, 6) is 1.01. The van der Waals surface area contributed by atoms with Gasteiger partial charge in [0.2, 0.25) is 0 Å². The van der Waals surface area contributed by atoms with Gasteiger partial charge in [0.15, 0.2) is 0 Å². The van der Waals surface area contributed by atoms with Crippen LogP contribution in [0.4, 0.5) is 0 Å². The van der Waals surface area contributed by atoms with E-state index in [0.29, 0.717) is 5.41 Å². The fourth-order valence-corrected chi connectivity index (χ4v) is 4.59. The summed E-state index contributed by atoms with van der Waals surface area (Å²) in [4.78, 5) is 0. The van der Waals surface area contributed by atoms with Crippen LogP contribution in [0.1, 0.15) is 53.4 Å². The lowest BCUT2D eigenvalue weighted by Crippen LogP contribution is -2.55. The third-order valence-electron chi connectivity index (χ3n) is 6.23. The van der Waals surface area contributed by atoms with E-state index >= 15 is 0 Å². The highest BCUT2D eigenvalue weighted by atomic mass is 16.3. The van der Waals surface area contributed by atoms with E-state index < -0.39 is 5.60 Å². The summed E-state index contributed by atoms with van der Waals surface area (Å²) in [6.45, 7) is 13.2. The predicted octanol–water partition coefficient (Wildman–Crippen LogP) is 3.78. The van der Waals surface area contributed by atoms with E-state index in [4.69, 9.17) is 0 Å². The smallest absolute Gasteiger partial charge is 0.0687 e. The van der Waals surface area contributed by atoms with E-state index in [1.807, 2.05) is 13.0 Å². The molecule has 5 atom stereocenters. The van der Waals surface area contributed by atoms with Gasteiger partial charge in [0.05, 0.1) is 5.60 Å². The molecular weight excluding hydrogens is 196 g/mol. The van der Waals surface area contributed by atoms with Crippen LogP contribution in [0.2, 0.25) is 0 Å². The Kier molecular flexibility index (Phi) is 2.55. The van der Waals surface area contributed by atoms with Gasteiger partial charge in [-0.2, -0.15) is 0 Å². The average molecular weight is 222 g/mol. The zero-order valence-corrected chi connectivity index (χ0v) is 11.2. The zero-order chi connectivity index (χ0) is 12.2. The summed E-state index contributed by atoms with van der Waals surface area (Å²) in [6.07, 6.45) is 6.61. The first-order valence-electron chi connectivity index (χ1n) is 6.63. The standard InChI is InChI=1S/C15H26O/c1-6-12-14(4)8-7-11(2)13(14,3)9-10-15(12,5)16/h6,11-12,16H,1,7-10H2,2-5H3/t11-,12-,13+,14+,15-/m1/s1. The lowest BCUT2D eigenvalue weighted by molar-refractivity contribution is -0.134. The van der Waals surface area contributed by atoms with Crippen LogP contribution in [0.15, 0.2) is 12.7 Å². The number of aliphatic hydroxyl groups is 1. The molecule has 0 aromatic heterocycles. The summed E-state index contributed by atoms with van der Waals surface area (Å²) in [5, 5.41) is 10.6. The van der Waals surface area contributed by atoms with Crippen molar-refractivity contribution in [2.45, 2.75) is 59.0 Å². The van der Waals surface area contributed by atoms with E-state index in [0.717, 1.165) is 18.8 Å². The quantitative estimate of drug-likeness (QED) is 0.669. The Balaban J connectivity index is 2.46. The maximum absolute atomic E-state index is 10.6. The molecule has 0 heterocycles. The van der Waals surface area contributed by atoms with Gasteiger partial charge < -0.3 is 5.11 Å². The Bertz CT molecular complexity index is 307. The van der Waals surface area contributed by atoms with Gasteiger partial charge in [-0.25, -0.2) is 0 Å². The van der Waals surface area contributed by atoms with Crippen molar-refractivity contribution in [2.24, 2.45) is 22.7 Å². The highest BCUT2D eigenvalue weighted by Gasteiger charge is 2.61. The normalized spacial score (nSPS) is 57.1. The molecule has 0 saturated heterocycles. The molecule has 0 radical (unpaired) electrons. The monoisotopic (exact) mass is 222 g/mol. The van der Waals surface area contributed by atoms with Crippen molar-refractivity contribution in [3.05, 3.63) is 12.7 Å². The van der Waals surface area contributed by atoms with Gasteiger partial charge >= 0.3 is 0 Å². The number of fused-ring (bicyclic) bond motifs is 1. The van der Waals surface area contributed by atoms with Gasteiger partial charge in [0.25, 0.3) is 0 Å². The van der Waals surface area contributed by atoms with Gasteiger partial charge in [0, 0.05) is 5.92 Å². The van der Waals surface area contributed by atoms with E-state index in [-0.39, 0.29) is 11.3 Å². The van der Waals surface area contributed by atoms with Crippen molar-refractivity contribution in [1.29, 1.82) is 0 Å². The Hall–Kier alpha value is -0.300.